The van der Waals surface area contributed by atoms with Crippen LogP contribution < -0.4 is 0 Å². The highest BCUT2D eigenvalue weighted by molar-refractivity contribution is 5.78. The van der Waals surface area contributed by atoms with Crippen LogP contribution in [-0.4, -0.2) is 49.2 Å². The summed E-state index contributed by atoms with van der Waals surface area (Å²) in [5.41, 5.74) is 0.754. The van der Waals surface area contributed by atoms with Gasteiger partial charge in [0.05, 0.1) is 7.98 Å². The van der Waals surface area contributed by atoms with Crippen molar-refractivity contribution in [2.45, 2.75) is 49.8 Å². The molecule has 21 heavy (non-hydrogen) atoms. The molecular formula is C17H23NO3. The molecule has 0 amide bonds. The van der Waals surface area contributed by atoms with Gasteiger partial charge >= 0.3 is 5.97 Å². The SMILES string of the molecule is [2H]OCC(C(=O)O[C@@]1([2H])CC2CC[C@H](C1)N2C)c1ccccc1. The number of hydrogen-bond acceptors (Lipinski definition) is 4. The van der Waals surface area contributed by atoms with Gasteiger partial charge in [-0.05, 0) is 38.3 Å². The van der Waals surface area contributed by atoms with Crippen LogP contribution in [0.25, 0.3) is 0 Å². The number of hydrogen-bond donors (Lipinski definition) is 1. The maximum Gasteiger partial charge on any atom is 0.316 e. The fraction of sp³-hybridized carbons (Fsp3) is 0.588. The Labute approximate surface area is 128 Å². The molecule has 2 unspecified atom stereocenters. The van der Waals surface area contributed by atoms with Crippen molar-refractivity contribution in [1.82, 2.24) is 4.90 Å². The molecule has 4 atom stereocenters. The number of carbonyl (C=O) groups excluding carboxylic acids is 1. The van der Waals surface area contributed by atoms with Gasteiger partial charge in [0.2, 0.25) is 1.43 Å². The van der Waals surface area contributed by atoms with Crippen molar-refractivity contribution >= 4 is 5.97 Å². The van der Waals surface area contributed by atoms with Crippen LogP contribution in [0.2, 0.25) is 0 Å². The number of piperidine rings is 1. The van der Waals surface area contributed by atoms with Crippen LogP contribution >= 0.6 is 0 Å². The maximum atomic E-state index is 12.6. The fourth-order valence-electron chi connectivity index (χ4n) is 3.47. The van der Waals surface area contributed by atoms with Gasteiger partial charge in [0, 0.05) is 12.1 Å². The van der Waals surface area contributed by atoms with Crippen LogP contribution in [-0.2, 0) is 9.53 Å². The second-order valence-corrected chi connectivity index (χ2v) is 6.05. The van der Waals surface area contributed by atoms with Crippen LogP contribution in [0.1, 0.15) is 38.5 Å². The number of aliphatic hydroxyl groups is 1. The van der Waals surface area contributed by atoms with Gasteiger partial charge < -0.3 is 14.7 Å². The fourth-order valence-corrected chi connectivity index (χ4v) is 3.47. The summed E-state index contributed by atoms with van der Waals surface area (Å²) in [7, 11) is 2.09. The van der Waals surface area contributed by atoms with Gasteiger partial charge in [-0.3, -0.25) is 4.79 Å². The van der Waals surface area contributed by atoms with E-state index >= 15 is 0 Å². The summed E-state index contributed by atoms with van der Waals surface area (Å²) in [6.45, 7) is -0.0638. The smallest absolute Gasteiger partial charge is 0.316 e. The number of nitrogens with zero attached hydrogens (tertiary/aromatic N) is 1. The zero-order chi connectivity index (χ0) is 16.4. The summed E-state index contributed by atoms with van der Waals surface area (Å²) in [4.78, 5) is 14.9. The molecule has 1 aromatic carbocycles. The Balaban J connectivity index is 1.72. The molecule has 2 aliphatic heterocycles. The molecule has 2 bridgehead atoms. The first-order valence-corrected chi connectivity index (χ1v) is 7.60. The van der Waals surface area contributed by atoms with E-state index in [2.05, 4.69) is 17.1 Å². The Morgan fingerprint density at radius 2 is 2.10 bits per heavy atom. The van der Waals surface area contributed by atoms with Crippen molar-refractivity contribution in [3.63, 3.8) is 0 Å². The third-order valence-corrected chi connectivity index (χ3v) is 4.81. The van der Waals surface area contributed by atoms with E-state index in [1.54, 1.807) is 0 Å². The van der Waals surface area contributed by atoms with E-state index in [1.807, 2.05) is 30.3 Å². The second kappa shape index (κ2) is 6.16. The Kier molecular flexibility index (Phi) is 3.57. The zero-order valence-electron chi connectivity index (χ0n) is 14.3. The van der Waals surface area contributed by atoms with Crippen molar-refractivity contribution in [2.75, 3.05) is 13.7 Å². The first kappa shape index (κ1) is 12.2. The molecule has 2 fully saturated rings. The van der Waals surface area contributed by atoms with Gasteiger partial charge in [0.1, 0.15) is 12.0 Å². The summed E-state index contributed by atoms with van der Waals surface area (Å²) in [5, 5.41) is 4.45. The van der Waals surface area contributed by atoms with Gasteiger partial charge in [0.25, 0.3) is 0 Å². The quantitative estimate of drug-likeness (QED) is 0.842. The Morgan fingerprint density at radius 1 is 1.43 bits per heavy atom. The minimum absolute atomic E-state index is 0.0638. The third kappa shape index (κ3) is 2.97. The van der Waals surface area contributed by atoms with Crippen LogP contribution in [0.15, 0.2) is 30.3 Å². The van der Waals surface area contributed by atoms with Gasteiger partial charge in [-0.15, -0.1) is 0 Å². The lowest BCUT2D eigenvalue weighted by molar-refractivity contribution is -0.155. The molecule has 2 saturated heterocycles. The van der Waals surface area contributed by atoms with Crippen LogP contribution in [0.4, 0.5) is 0 Å². The average Bonchev–Trinajstić information content (AvgIpc) is 2.76. The van der Waals surface area contributed by atoms with E-state index in [0.717, 1.165) is 18.4 Å². The van der Waals surface area contributed by atoms with E-state index < -0.39 is 18.0 Å². The number of ether oxygens (including phenoxy) is 1. The van der Waals surface area contributed by atoms with Gasteiger partial charge in [-0.25, -0.2) is 0 Å². The number of benzene rings is 1. The van der Waals surface area contributed by atoms with Crippen molar-refractivity contribution in [3.05, 3.63) is 35.9 Å². The van der Waals surface area contributed by atoms with Crippen molar-refractivity contribution in [3.8, 4) is 0 Å². The topological polar surface area (TPSA) is 49.8 Å². The third-order valence-electron chi connectivity index (χ3n) is 4.81. The lowest BCUT2D eigenvalue weighted by Crippen LogP contribution is -2.43. The summed E-state index contributed by atoms with van der Waals surface area (Å²) in [6.07, 6.45) is 2.07. The molecule has 4 heteroatoms. The number of esters is 1. The molecule has 1 N–H and O–H groups in total. The van der Waals surface area contributed by atoms with E-state index in [4.69, 9.17) is 7.54 Å². The monoisotopic (exact) mass is 291 g/mol. The Morgan fingerprint density at radius 3 is 2.71 bits per heavy atom. The van der Waals surface area contributed by atoms with Crippen LogP contribution in [0.5, 0.6) is 0 Å². The lowest BCUT2D eigenvalue weighted by Gasteiger charge is -2.36. The van der Waals surface area contributed by atoms with Crippen LogP contribution in [0, 0.1) is 0 Å². The number of carbonyl (C=O) groups is 1. The zero-order valence-corrected chi connectivity index (χ0v) is 12.3. The molecule has 0 aliphatic carbocycles. The van der Waals surface area contributed by atoms with Crippen molar-refractivity contribution in [2.24, 2.45) is 0 Å². The van der Waals surface area contributed by atoms with Crippen molar-refractivity contribution < 1.29 is 16.0 Å². The molecule has 0 radical (unpaired) electrons. The molecular weight excluding hydrogens is 266 g/mol. The summed E-state index contributed by atoms with van der Waals surface area (Å²) >= 11 is 0. The van der Waals surface area contributed by atoms with E-state index in [1.165, 1.54) is 0 Å². The molecule has 0 spiro atoms. The molecule has 2 aliphatic rings. The van der Waals surface area contributed by atoms with Gasteiger partial charge in [-0.1, -0.05) is 30.3 Å². The summed E-state index contributed by atoms with van der Waals surface area (Å²) in [5.74, 6) is -1.13. The Hall–Kier alpha value is -1.39. The molecule has 2 heterocycles. The largest absolute Gasteiger partial charge is 0.462 e. The standard InChI is InChI=1S/C17H23NO3/c1-18-13-7-8-14(18)10-15(9-13)21-17(20)16(11-19)12-5-3-2-4-6-12/h2-6,13-16,19H,7-11H2,1H3/t13-,14?,15-,16?/m1/s1/i15D,19D. The number of fused-ring (bicyclic) bond motifs is 2. The minimum Gasteiger partial charge on any atom is -0.462 e. The first-order chi connectivity index (χ1) is 11.0. The predicted molar refractivity (Wildman–Crippen MR) is 80.0 cm³/mol. The summed E-state index contributed by atoms with van der Waals surface area (Å²) in [6, 6.07) is 9.83. The highest BCUT2D eigenvalue weighted by Gasteiger charge is 2.40. The molecule has 0 saturated carbocycles. The highest BCUT2D eigenvalue weighted by Crippen LogP contribution is 2.36. The van der Waals surface area contributed by atoms with Gasteiger partial charge in [-0.2, -0.15) is 0 Å². The first-order valence-electron chi connectivity index (χ1n) is 8.51. The predicted octanol–water partition coefficient (Wildman–Crippen LogP) is 1.93. The van der Waals surface area contributed by atoms with E-state index in [9.17, 15) is 4.79 Å². The Bertz CT molecular complexity index is 540. The average molecular weight is 291 g/mol. The normalized spacial score (nSPS) is 34.9. The minimum atomic E-state index is -1.16. The van der Waals surface area contributed by atoms with E-state index in [-0.39, 0.29) is 6.61 Å². The van der Waals surface area contributed by atoms with Crippen molar-refractivity contribution in [1.29, 1.82) is 1.43 Å². The highest BCUT2D eigenvalue weighted by atomic mass is 16.5. The second-order valence-electron chi connectivity index (χ2n) is 6.05. The maximum absolute atomic E-state index is 12.6. The molecule has 3 rings (SSSR count). The molecule has 1 aromatic rings. The number of aliphatic hydroxyl groups excluding tert-OH is 1. The molecule has 0 aromatic heterocycles. The number of rotatable bonds is 5. The van der Waals surface area contributed by atoms with E-state index in [0.29, 0.717) is 24.9 Å². The van der Waals surface area contributed by atoms with Gasteiger partial charge in [0.15, 0.2) is 0 Å². The summed E-state index contributed by atoms with van der Waals surface area (Å²) < 4.78 is 21.2. The lowest BCUT2D eigenvalue weighted by atomic mass is 9.98. The van der Waals surface area contributed by atoms with Crippen LogP contribution in [0.3, 0.4) is 0 Å². The molecule has 114 valence electrons. The molecule has 4 nitrogen and oxygen atoms in total.